The molecule has 1 aromatic rings. The first-order chi connectivity index (χ1) is 8.94. The van der Waals surface area contributed by atoms with Gasteiger partial charge < -0.3 is 10.1 Å². The third-order valence-electron chi connectivity index (χ3n) is 3.16. The van der Waals surface area contributed by atoms with Crippen LogP contribution >= 0.6 is 11.6 Å². The first-order valence-electron chi connectivity index (χ1n) is 6.54. The van der Waals surface area contributed by atoms with E-state index in [0.29, 0.717) is 31.1 Å². The number of esters is 1. The highest BCUT2D eigenvalue weighted by Gasteiger charge is 2.33. The standard InChI is InChI=1S/C13H22ClN3O2/c1-5-15-13(4,12(18)19-6-2)7-8-17-10(3)11(14)9-16-17/h9,15H,5-8H2,1-4H3. The number of nitrogens with zero attached hydrogens (tertiary/aromatic N) is 2. The molecule has 0 saturated heterocycles. The van der Waals surface area contributed by atoms with E-state index in [1.54, 1.807) is 10.9 Å². The fourth-order valence-corrected chi connectivity index (χ4v) is 2.06. The fraction of sp³-hybridized carbons (Fsp3) is 0.692. The molecule has 19 heavy (non-hydrogen) atoms. The molecular formula is C13H22ClN3O2. The minimum atomic E-state index is -0.699. The predicted molar refractivity (Wildman–Crippen MR) is 75.3 cm³/mol. The van der Waals surface area contributed by atoms with Crippen LogP contribution in [0.25, 0.3) is 0 Å². The summed E-state index contributed by atoms with van der Waals surface area (Å²) < 4.78 is 6.93. The van der Waals surface area contributed by atoms with Crippen molar-refractivity contribution in [2.24, 2.45) is 0 Å². The summed E-state index contributed by atoms with van der Waals surface area (Å²) >= 11 is 5.96. The van der Waals surface area contributed by atoms with Crippen LogP contribution in [0.2, 0.25) is 5.02 Å². The highest BCUT2D eigenvalue weighted by Crippen LogP contribution is 2.17. The van der Waals surface area contributed by atoms with Crippen LogP contribution in [0, 0.1) is 6.92 Å². The number of carbonyl (C=O) groups excluding carboxylic acids is 1. The summed E-state index contributed by atoms with van der Waals surface area (Å²) in [7, 11) is 0. The molecule has 0 aromatic carbocycles. The van der Waals surface area contributed by atoms with E-state index in [1.165, 1.54) is 0 Å². The molecule has 5 nitrogen and oxygen atoms in total. The molecule has 0 bridgehead atoms. The first-order valence-corrected chi connectivity index (χ1v) is 6.92. The topological polar surface area (TPSA) is 56.2 Å². The molecule has 1 rings (SSSR count). The predicted octanol–water partition coefficient (Wildman–Crippen LogP) is 2.17. The largest absolute Gasteiger partial charge is 0.465 e. The first kappa shape index (κ1) is 16.0. The maximum atomic E-state index is 12.0. The Kier molecular flexibility index (Phi) is 5.82. The van der Waals surface area contributed by atoms with Crippen molar-refractivity contribution in [1.82, 2.24) is 15.1 Å². The second-order valence-electron chi connectivity index (χ2n) is 4.63. The van der Waals surface area contributed by atoms with Crippen LogP contribution in [0.3, 0.4) is 0 Å². The summed E-state index contributed by atoms with van der Waals surface area (Å²) in [6.07, 6.45) is 2.21. The SMILES string of the molecule is CCNC(C)(CCn1ncc(Cl)c1C)C(=O)OCC. The third-order valence-corrected chi connectivity index (χ3v) is 3.53. The van der Waals surface area contributed by atoms with Crippen LogP contribution in [0.5, 0.6) is 0 Å². The molecule has 108 valence electrons. The molecule has 0 aliphatic rings. The van der Waals surface area contributed by atoms with Crippen molar-refractivity contribution in [3.8, 4) is 0 Å². The zero-order valence-corrected chi connectivity index (χ0v) is 12.8. The van der Waals surface area contributed by atoms with Crippen molar-refractivity contribution in [2.45, 2.75) is 46.2 Å². The second-order valence-corrected chi connectivity index (χ2v) is 5.04. The second kappa shape index (κ2) is 6.91. The van der Waals surface area contributed by atoms with Gasteiger partial charge in [-0.25, -0.2) is 0 Å². The Labute approximate surface area is 119 Å². The molecule has 1 N–H and O–H groups in total. The number of aromatic nitrogens is 2. The van der Waals surface area contributed by atoms with Crippen molar-refractivity contribution >= 4 is 17.6 Å². The fourth-order valence-electron chi connectivity index (χ4n) is 1.92. The van der Waals surface area contributed by atoms with Gasteiger partial charge in [0.1, 0.15) is 5.54 Å². The van der Waals surface area contributed by atoms with Crippen molar-refractivity contribution in [3.05, 3.63) is 16.9 Å². The summed E-state index contributed by atoms with van der Waals surface area (Å²) in [5.74, 6) is -0.229. The molecule has 0 spiro atoms. The molecule has 1 atom stereocenters. The van der Waals surface area contributed by atoms with Crippen LogP contribution in [-0.2, 0) is 16.1 Å². The van der Waals surface area contributed by atoms with Gasteiger partial charge in [-0.2, -0.15) is 5.10 Å². The molecule has 1 heterocycles. The highest BCUT2D eigenvalue weighted by molar-refractivity contribution is 6.31. The normalized spacial score (nSPS) is 14.2. The third kappa shape index (κ3) is 3.94. The van der Waals surface area contributed by atoms with E-state index in [0.717, 1.165) is 5.69 Å². The lowest BCUT2D eigenvalue weighted by molar-refractivity contribution is -0.150. The number of halogens is 1. The van der Waals surface area contributed by atoms with Gasteiger partial charge in [0.05, 0.1) is 23.5 Å². The number of carbonyl (C=O) groups is 1. The molecule has 0 saturated carbocycles. The minimum Gasteiger partial charge on any atom is -0.465 e. The van der Waals surface area contributed by atoms with Crippen molar-refractivity contribution < 1.29 is 9.53 Å². The zero-order valence-electron chi connectivity index (χ0n) is 12.0. The van der Waals surface area contributed by atoms with Crippen LogP contribution < -0.4 is 5.32 Å². The van der Waals surface area contributed by atoms with Crippen LogP contribution in [0.1, 0.15) is 32.9 Å². The van der Waals surface area contributed by atoms with Crippen LogP contribution in [0.4, 0.5) is 0 Å². The summed E-state index contributed by atoms with van der Waals surface area (Å²) in [6, 6.07) is 0. The zero-order chi connectivity index (χ0) is 14.5. The Morgan fingerprint density at radius 3 is 2.74 bits per heavy atom. The summed E-state index contributed by atoms with van der Waals surface area (Å²) in [6.45, 7) is 9.23. The van der Waals surface area contributed by atoms with E-state index in [-0.39, 0.29) is 5.97 Å². The van der Waals surface area contributed by atoms with Gasteiger partial charge in [0.25, 0.3) is 0 Å². The van der Waals surface area contributed by atoms with E-state index in [1.807, 2.05) is 27.7 Å². The monoisotopic (exact) mass is 287 g/mol. The number of nitrogens with one attached hydrogen (secondary N) is 1. The van der Waals surface area contributed by atoms with Crippen LogP contribution in [-0.4, -0.2) is 34.4 Å². The maximum Gasteiger partial charge on any atom is 0.326 e. The molecule has 1 aromatic heterocycles. The Hall–Kier alpha value is -1.07. The van der Waals surface area contributed by atoms with Crippen molar-refractivity contribution in [1.29, 1.82) is 0 Å². The maximum absolute atomic E-state index is 12.0. The average Bonchev–Trinajstić information content (AvgIpc) is 2.68. The molecule has 1 unspecified atom stereocenters. The molecular weight excluding hydrogens is 266 g/mol. The lowest BCUT2D eigenvalue weighted by Gasteiger charge is -2.28. The Morgan fingerprint density at radius 1 is 1.58 bits per heavy atom. The Bertz CT molecular complexity index is 434. The number of ether oxygens (including phenoxy) is 1. The van der Waals surface area contributed by atoms with E-state index in [9.17, 15) is 4.79 Å². The lowest BCUT2D eigenvalue weighted by Crippen LogP contribution is -2.51. The molecule has 6 heteroatoms. The molecule has 0 aliphatic carbocycles. The van der Waals surface area contributed by atoms with Gasteiger partial charge >= 0.3 is 5.97 Å². The quantitative estimate of drug-likeness (QED) is 0.781. The van der Waals surface area contributed by atoms with Gasteiger partial charge in [-0.3, -0.25) is 9.48 Å². The molecule has 0 fully saturated rings. The summed E-state index contributed by atoms with van der Waals surface area (Å²) in [5.41, 5.74) is 0.208. The summed E-state index contributed by atoms with van der Waals surface area (Å²) in [5, 5.41) is 8.02. The van der Waals surface area contributed by atoms with E-state index in [4.69, 9.17) is 16.3 Å². The van der Waals surface area contributed by atoms with Crippen molar-refractivity contribution in [3.63, 3.8) is 0 Å². The molecule has 0 amide bonds. The number of aryl methyl sites for hydroxylation is 1. The molecule has 0 radical (unpaired) electrons. The molecule has 0 aliphatic heterocycles. The number of likely N-dealkylation sites (N-methyl/N-ethyl adjacent to an activating group) is 1. The lowest BCUT2D eigenvalue weighted by atomic mass is 9.98. The van der Waals surface area contributed by atoms with E-state index in [2.05, 4.69) is 10.4 Å². The smallest absolute Gasteiger partial charge is 0.326 e. The van der Waals surface area contributed by atoms with Crippen molar-refractivity contribution in [2.75, 3.05) is 13.2 Å². The van der Waals surface area contributed by atoms with E-state index >= 15 is 0 Å². The highest BCUT2D eigenvalue weighted by atomic mass is 35.5. The van der Waals surface area contributed by atoms with Gasteiger partial charge in [-0.1, -0.05) is 18.5 Å². The van der Waals surface area contributed by atoms with Gasteiger partial charge in [-0.05, 0) is 33.7 Å². The number of rotatable bonds is 7. The average molecular weight is 288 g/mol. The number of hydrogen-bond donors (Lipinski definition) is 1. The van der Waals surface area contributed by atoms with Gasteiger partial charge in [-0.15, -0.1) is 0 Å². The van der Waals surface area contributed by atoms with Gasteiger partial charge in [0.2, 0.25) is 0 Å². The Balaban J connectivity index is 2.73. The minimum absolute atomic E-state index is 0.229. The van der Waals surface area contributed by atoms with E-state index < -0.39 is 5.54 Å². The number of hydrogen-bond acceptors (Lipinski definition) is 4. The Morgan fingerprint density at radius 2 is 2.26 bits per heavy atom. The van der Waals surface area contributed by atoms with Crippen LogP contribution in [0.15, 0.2) is 6.20 Å². The van der Waals surface area contributed by atoms with Gasteiger partial charge in [0, 0.05) is 6.54 Å². The van der Waals surface area contributed by atoms with Gasteiger partial charge in [0.15, 0.2) is 0 Å². The summed E-state index contributed by atoms with van der Waals surface area (Å²) in [4.78, 5) is 12.0.